The monoisotopic (exact) mass is 426 g/mol. The molecule has 0 N–H and O–H groups in total. The molecule has 0 aliphatic carbocycles. The molecule has 31 heavy (non-hydrogen) atoms. The normalized spacial score (nSPS) is 15.7. The van der Waals surface area contributed by atoms with Gasteiger partial charge in [0.1, 0.15) is 11.5 Å². The van der Waals surface area contributed by atoms with Crippen molar-refractivity contribution in [2.45, 2.75) is 38.6 Å². The van der Waals surface area contributed by atoms with Gasteiger partial charge in [0.15, 0.2) is 0 Å². The van der Waals surface area contributed by atoms with Gasteiger partial charge in [0, 0.05) is 75.4 Å². The van der Waals surface area contributed by atoms with Crippen LogP contribution in [0.1, 0.15) is 46.6 Å². The van der Waals surface area contributed by atoms with Crippen LogP contribution in [0.2, 0.25) is 0 Å². The van der Waals surface area contributed by atoms with Crippen molar-refractivity contribution in [1.82, 2.24) is 19.6 Å². The van der Waals surface area contributed by atoms with Crippen molar-refractivity contribution < 1.29 is 19.1 Å². The van der Waals surface area contributed by atoms with E-state index in [1.54, 1.807) is 32.4 Å². The minimum Gasteiger partial charge on any atom is -0.497 e. The second kappa shape index (κ2) is 8.99. The molecule has 2 aliphatic rings. The maximum absolute atomic E-state index is 13.2. The molecule has 2 aliphatic heterocycles. The molecule has 1 saturated heterocycles. The SMILES string of the molecule is COc1cc(OC)cc(C(=O)N2CCc3c(c(CCC(=O)N4CCCC4)nn3C)C2)c1. The van der Waals surface area contributed by atoms with Gasteiger partial charge in [0.25, 0.3) is 5.91 Å². The van der Waals surface area contributed by atoms with Crippen LogP contribution in [0.15, 0.2) is 18.2 Å². The van der Waals surface area contributed by atoms with E-state index in [4.69, 9.17) is 9.47 Å². The lowest BCUT2D eigenvalue weighted by Crippen LogP contribution is -2.36. The summed E-state index contributed by atoms with van der Waals surface area (Å²) >= 11 is 0. The molecule has 2 amide bonds. The van der Waals surface area contributed by atoms with Gasteiger partial charge in [-0.25, -0.2) is 0 Å². The van der Waals surface area contributed by atoms with Crippen LogP contribution in [0, 0.1) is 0 Å². The smallest absolute Gasteiger partial charge is 0.254 e. The third kappa shape index (κ3) is 4.38. The Balaban J connectivity index is 1.50. The molecular weight excluding hydrogens is 396 g/mol. The fourth-order valence-corrected chi connectivity index (χ4v) is 4.51. The molecule has 8 nitrogen and oxygen atoms in total. The highest BCUT2D eigenvalue weighted by Crippen LogP contribution is 2.27. The molecule has 2 aromatic rings. The summed E-state index contributed by atoms with van der Waals surface area (Å²) in [6.07, 6.45) is 4.00. The van der Waals surface area contributed by atoms with Crippen molar-refractivity contribution >= 4 is 11.8 Å². The van der Waals surface area contributed by atoms with E-state index in [9.17, 15) is 9.59 Å². The number of hydrogen-bond acceptors (Lipinski definition) is 5. The first-order valence-corrected chi connectivity index (χ1v) is 10.8. The molecule has 3 heterocycles. The summed E-state index contributed by atoms with van der Waals surface area (Å²) < 4.78 is 12.5. The Bertz CT molecular complexity index is 956. The highest BCUT2D eigenvalue weighted by atomic mass is 16.5. The lowest BCUT2D eigenvalue weighted by Gasteiger charge is -2.28. The van der Waals surface area contributed by atoms with Gasteiger partial charge in [-0.3, -0.25) is 14.3 Å². The Kier molecular flexibility index (Phi) is 6.15. The van der Waals surface area contributed by atoms with Gasteiger partial charge < -0.3 is 19.3 Å². The first kappa shape index (κ1) is 21.2. The fraction of sp³-hybridized carbons (Fsp3) is 0.522. The lowest BCUT2D eigenvalue weighted by molar-refractivity contribution is -0.130. The van der Waals surface area contributed by atoms with E-state index >= 15 is 0 Å². The zero-order valence-electron chi connectivity index (χ0n) is 18.5. The van der Waals surface area contributed by atoms with Gasteiger partial charge in [-0.2, -0.15) is 5.10 Å². The van der Waals surface area contributed by atoms with E-state index in [0.29, 0.717) is 43.0 Å². The van der Waals surface area contributed by atoms with E-state index in [2.05, 4.69) is 5.10 Å². The van der Waals surface area contributed by atoms with Crippen LogP contribution in [0.25, 0.3) is 0 Å². The van der Waals surface area contributed by atoms with Crippen molar-refractivity contribution in [2.75, 3.05) is 33.9 Å². The summed E-state index contributed by atoms with van der Waals surface area (Å²) in [4.78, 5) is 29.5. The van der Waals surface area contributed by atoms with E-state index in [1.165, 1.54) is 0 Å². The second-order valence-electron chi connectivity index (χ2n) is 8.16. The number of benzene rings is 1. The van der Waals surface area contributed by atoms with Crippen LogP contribution >= 0.6 is 0 Å². The van der Waals surface area contributed by atoms with Gasteiger partial charge in [-0.1, -0.05) is 0 Å². The molecular formula is C23H30N4O4. The molecule has 0 atom stereocenters. The van der Waals surface area contributed by atoms with Crippen LogP contribution in [0.3, 0.4) is 0 Å². The predicted molar refractivity (Wildman–Crippen MR) is 115 cm³/mol. The zero-order valence-corrected chi connectivity index (χ0v) is 18.5. The maximum Gasteiger partial charge on any atom is 0.254 e. The first-order valence-electron chi connectivity index (χ1n) is 10.8. The number of aryl methyl sites for hydroxylation is 2. The van der Waals surface area contributed by atoms with Crippen molar-refractivity contribution in [3.8, 4) is 11.5 Å². The third-order valence-corrected chi connectivity index (χ3v) is 6.25. The number of ether oxygens (including phenoxy) is 2. The number of methoxy groups -OCH3 is 2. The highest BCUT2D eigenvalue weighted by molar-refractivity contribution is 5.95. The topological polar surface area (TPSA) is 76.9 Å². The van der Waals surface area contributed by atoms with Gasteiger partial charge in [0.2, 0.25) is 5.91 Å². The lowest BCUT2D eigenvalue weighted by atomic mass is 10.0. The third-order valence-electron chi connectivity index (χ3n) is 6.25. The number of hydrogen-bond donors (Lipinski definition) is 0. The Labute approximate surface area is 182 Å². The summed E-state index contributed by atoms with van der Waals surface area (Å²) in [5.74, 6) is 1.31. The molecule has 1 fully saturated rings. The molecule has 4 rings (SSSR count). The van der Waals surface area contributed by atoms with Gasteiger partial charge in [0.05, 0.1) is 19.9 Å². The Hall–Kier alpha value is -3.03. The Morgan fingerprint density at radius 2 is 1.68 bits per heavy atom. The Morgan fingerprint density at radius 3 is 2.32 bits per heavy atom. The minimum atomic E-state index is -0.0641. The molecule has 0 saturated carbocycles. The molecule has 8 heteroatoms. The standard InChI is InChI=1S/C23H30N4O4/c1-25-21-8-11-27(23(29)16-12-17(30-2)14-18(13-16)31-3)15-19(21)20(24-25)6-7-22(28)26-9-4-5-10-26/h12-14H,4-11,15H2,1-3H3. The number of rotatable bonds is 6. The maximum atomic E-state index is 13.2. The number of amides is 2. The number of carbonyl (C=O) groups is 2. The second-order valence-corrected chi connectivity index (χ2v) is 8.16. The van der Waals surface area contributed by atoms with Crippen molar-refractivity contribution in [2.24, 2.45) is 7.05 Å². The zero-order chi connectivity index (χ0) is 22.0. The summed E-state index contributed by atoms with van der Waals surface area (Å²) in [5.41, 5.74) is 3.68. The fourth-order valence-electron chi connectivity index (χ4n) is 4.51. The average Bonchev–Trinajstić information content (AvgIpc) is 3.45. The molecule has 0 radical (unpaired) electrons. The van der Waals surface area contributed by atoms with Crippen LogP contribution in [-0.4, -0.2) is 65.2 Å². The molecule has 1 aromatic heterocycles. The molecule has 0 unspecified atom stereocenters. The molecule has 0 spiro atoms. The molecule has 1 aromatic carbocycles. The van der Waals surface area contributed by atoms with Crippen LogP contribution in [-0.2, 0) is 31.2 Å². The van der Waals surface area contributed by atoms with E-state index in [0.717, 1.165) is 49.3 Å². The van der Waals surface area contributed by atoms with Gasteiger partial charge >= 0.3 is 0 Å². The summed E-state index contributed by atoms with van der Waals surface area (Å²) in [6, 6.07) is 5.22. The number of aromatic nitrogens is 2. The van der Waals surface area contributed by atoms with Crippen LogP contribution in [0.5, 0.6) is 11.5 Å². The van der Waals surface area contributed by atoms with E-state index < -0.39 is 0 Å². The average molecular weight is 427 g/mol. The predicted octanol–water partition coefficient (Wildman–Crippen LogP) is 2.19. The van der Waals surface area contributed by atoms with Gasteiger partial charge in [-0.05, 0) is 25.0 Å². The summed E-state index contributed by atoms with van der Waals surface area (Å²) in [6.45, 7) is 2.85. The minimum absolute atomic E-state index is 0.0641. The van der Waals surface area contributed by atoms with E-state index in [-0.39, 0.29) is 11.8 Å². The number of nitrogens with zero attached hydrogens (tertiary/aromatic N) is 4. The van der Waals surface area contributed by atoms with Crippen molar-refractivity contribution in [3.05, 3.63) is 40.7 Å². The largest absolute Gasteiger partial charge is 0.497 e. The van der Waals surface area contributed by atoms with E-state index in [1.807, 2.05) is 21.5 Å². The van der Waals surface area contributed by atoms with Crippen molar-refractivity contribution in [3.63, 3.8) is 0 Å². The van der Waals surface area contributed by atoms with Gasteiger partial charge in [-0.15, -0.1) is 0 Å². The van der Waals surface area contributed by atoms with Crippen molar-refractivity contribution in [1.29, 1.82) is 0 Å². The molecule has 166 valence electrons. The first-order chi connectivity index (χ1) is 15.0. The van der Waals surface area contributed by atoms with Crippen LogP contribution < -0.4 is 9.47 Å². The highest BCUT2D eigenvalue weighted by Gasteiger charge is 2.28. The quantitative estimate of drug-likeness (QED) is 0.708. The number of carbonyl (C=O) groups excluding carboxylic acids is 2. The summed E-state index contributed by atoms with van der Waals surface area (Å²) in [5, 5.41) is 4.68. The molecule has 0 bridgehead atoms. The Morgan fingerprint density at radius 1 is 1.00 bits per heavy atom. The number of fused-ring (bicyclic) bond motifs is 1. The van der Waals surface area contributed by atoms with Crippen LogP contribution in [0.4, 0.5) is 0 Å². The summed E-state index contributed by atoms with van der Waals surface area (Å²) in [7, 11) is 5.08. The number of likely N-dealkylation sites (tertiary alicyclic amines) is 1.